The van der Waals surface area contributed by atoms with Crippen LogP contribution in [0.2, 0.25) is 0 Å². The molecule has 1 aromatic heterocycles. The van der Waals surface area contributed by atoms with Crippen LogP contribution in [0.4, 0.5) is 0 Å². The topological polar surface area (TPSA) is 70.0 Å². The fourth-order valence-corrected chi connectivity index (χ4v) is 3.13. The van der Waals surface area contributed by atoms with Crippen molar-refractivity contribution in [2.24, 2.45) is 0 Å². The number of methoxy groups -OCH3 is 1. The zero-order chi connectivity index (χ0) is 17.4. The van der Waals surface area contributed by atoms with Crippen LogP contribution in [0.5, 0.6) is 5.75 Å². The van der Waals surface area contributed by atoms with Gasteiger partial charge in [0, 0.05) is 22.6 Å². The number of rotatable bonds is 9. The third-order valence-corrected chi connectivity index (χ3v) is 4.65. The van der Waals surface area contributed by atoms with Crippen molar-refractivity contribution in [3.05, 3.63) is 46.4 Å². The summed E-state index contributed by atoms with van der Waals surface area (Å²) in [5.41, 5.74) is 2.29. The fourth-order valence-electron chi connectivity index (χ4n) is 2.72. The zero-order valence-electron chi connectivity index (χ0n) is 14.2. The second kappa shape index (κ2) is 9.59. The van der Waals surface area contributed by atoms with E-state index in [1.165, 1.54) is 11.8 Å². The molecule has 3 N–H and O–H groups in total. The first-order valence-corrected chi connectivity index (χ1v) is 9.02. The van der Waals surface area contributed by atoms with E-state index in [1.54, 1.807) is 13.3 Å². The molecule has 0 fully saturated rings. The molecule has 24 heavy (non-hydrogen) atoms. The van der Waals surface area contributed by atoms with Gasteiger partial charge in [0.05, 0.1) is 13.3 Å². The van der Waals surface area contributed by atoms with E-state index in [4.69, 9.17) is 10.1 Å². The van der Waals surface area contributed by atoms with Gasteiger partial charge in [0.1, 0.15) is 11.9 Å². The normalized spacial score (nSPS) is 17.8. The van der Waals surface area contributed by atoms with Gasteiger partial charge in [0.25, 0.3) is 0 Å². The molecular formula is C18H25BrN4O. The van der Waals surface area contributed by atoms with Crippen molar-refractivity contribution in [1.82, 2.24) is 15.6 Å². The van der Waals surface area contributed by atoms with Crippen LogP contribution in [0.15, 0.2) is 35.1 Å². The van der Waals surface area contributed by atoms with Gasteiger partial charge in [0.2, 0.25) is 0 Å². The van der Waals surface area contributed by atoms with Crippen molar-refractivity contribution in [2.45, 2.75) is 44.8 Å². The number of ether oxygens (including phenoxy) is 1. The summed E-state index contributed by atoms with van der Waals surface area (Å²) in [6.07, 6.45) is 12.6. The first-order chi connectivity index (χ1) is 11.7. The van der Waals surface area contributed by atoms with E-state index < -0.39 is 0 Å². The Morgan fingerprint density at radius 3 is 3.04 bits per heavy atom. The van der Waals surface area contributed by atoms with Crippen LogP contribution in [0.1, 0.15) is 31.0 Å². The summed E-state index contributed by atoms with van der Waals surface area (Å²) in [6, 6.07) is 2.20. The average Bonchev–Trinajstić information content (AvgIpc) is 2.59. The minimum absolute atomic E-state index is 0.0211. The first-order valence-electron chi connectivity index (χ1n) is 8.23. The summed E-state index contributed by atoms with van der Waals surface area (Å²) in [5.74, 6) is 0.795. The van der Waals surface area contributed by atoms with E-state index in [2.05, 4.69) is 44.5 Å². The SMILES string of the molecule is CCCc1cc(OC)cnc1CC(CC=N)NC1NC=CC=C1Br. The number of pyridine rings is 1. The van der Waals surface area contributed by atoms with Gasteiger partial charge in [-0.05, 0) is 49.0 Å². The molecule has 1 aromatic rings. The highest BCUT2D eigenvalue weighted by Crippen LogP contribution is 2.19. The smallest absolute Gasteiger partial charge is 0.137 e. The maximum atomic E-state index is 7.50. The molecule has 1 aliphatic heterocycles. The van der Waals surface area contributed by atoms with E-state index in [0.717, 1.165) is 35.2 Å². The number of hydrogen-bond acceptors (Lipinski definition) is 5. The van der Waals surface area contributed by atoms with E-state index in [0.29, 0.717) is 6.42 Å². The molecule has 2 heterocycles. The summed E-state index contributed by atoms with van der Waals surface area (Å²) in [7, 11) is 1.66. The predicted molar refractivity (Wildman–Crippen MR) is 102 cm³/mol. The summed E-state index contributed by atoms with van der Waals surface area (Å²) >= 11 is 3.57. The minimum atomic E-state index is 0.0211. The van der Waals surface area contributed by atoms with Crippen LogP contribution < -0.4 is 15.4 Å². The number of nitrogens with zero attached hydrogens (tertiary/aromatic N) is 1. The number of aromatic nitrogens is 1. The first kappa shape index (κ1) is 18.7. The van der Waals surface area contributed by atoms with Gasteiger partial charge in [-0.15, -0.1) is 0 Å². The van der Waals surface area contributed by atoms with E-state index in [9.17, 15) is 0 Å². The van der Waals surface area contributed by atoms with Gasteiger partial charge in [0.15, 0.2) is 0 Å². The van der Waals surface area contributed by atoms with Crippen LogP contribution in [-0.4, -0.2) is 30.5 Å². The number of hydrogen-bond donors (Lipinski definition) is 3. The molecule has 2 rings (SSSR count). The lowest BCUT2D eigenvalue weighted by Crippen LogP contribution is -2.47. The maximum Gasteiger partial charge on any atom is 0.137 e. The van der Waals surface area contributed by atoms with Gasteiger partial charge in [-0.25, -0.2) is 0 Å². The lowest BCUT2D eigenvalue weighted by molar-refractivity contribution is 0.410. The lowest BCUT2D eigenvalue weighted by Gasteiger charge is -2.27. The van der Waals surface area contributed by atoms with Crippen LogP contribution >= 0.6 is 15.9 Å². The Bertz CT molecular complexity index is 615. The zero-order valence-corrected chi connectivity index (χ0v) is 15.8. The minimum Gasteiger partial charge on any atom is -0.495 e. The predicted octanol–water partition coefficient (Wildman–Crippen LogP) is 3.30. The van der Waals surface area contributed by atoms with Gasteiger partial charge in [-0.2, -0.15) is 0 Å². The van der Waals surface area contributed by atoms with Gasteiger partial charge >= 0.3 is 0 Å². The Balaban J connectivity index is 2.13. The fraction of sp³-hybridized carbons (Fsp3) is 0.444. The molecule has 6 heteroatoms. The Labute approximate surface area is 152 Å². The van der Waals surface area contributed by atoms with Gasteiger partial charge in [-0.1, -0.05) is 29.3 Å². The Morgan fingerprint density at radius 2 is 2.38 bits per heavy atom. The summed E-state index contributed by atoms with van der Waals surface area (Å²) in [4.78, 5) is 4.60. The van der Waals surface area contributed by atoms with Crippen molar-refractivity contribution in [2.75, 3.05) is 7.11 Å². The molecule has 0 aliphatic carbocycles. The molecule has 130 valence electrons. The van der Waals surface area contributed by atoms with Gasteiger partial charge in [-0.3, -0.25) is 10.3 Å². The summed E-state index contributed by atoms with van der Waals surface area (Å²) < 4.78 is 6.35. The van der Waals surface area contributed by atoms with Crippen LogP contribution in [0.3, 0.4) is 0 Å². The quantitative estimate of drug-likeness (QED) is 0.563. The third kappa shape index (κ3) is 5.18. The second-order valence-corrected chi connectivity index (χ2v) is 6.66. The van der Waals surface area contributed by atoms with E-state index >= 15 is 0 Å². The average molecular weight is 393 g/mol. The number of dihydropyridines is 1. The molecular weight excluding hydrogens is 368 g/mol. The standard InChI is InChI=1S/C18H25BrN4O/c1-3-5-13-10-15(24-2)12-22-17(13)11-14(7-8-20)23-18-16(19)6-4-9-21-18/h4,6,8-10,12,14,18,20-21,23H,3,5,7,11H2,1-2H3. The molecule has 0 bridgehead atoms. The molecule has 0 aromatic carbocycles. The molecule has 0 spiro atoms. The molecule has 2 unspecified atom stereocenters. The van der Waals surface area contributed by atoms with Crippen LogP contribution in [0, 0.1) is 5.41 Å². The number of aryl methyl sites for hydroxylation is 1. The largest absolute Gasteiger partial charge is 0.495 e. The Kier molecular flexibility index (Phi) is 7.46. The van der Waals surface area contributed by atoms with Crippen LogP contribution in [-0.2, 0) is 12.8 Å². The maximum absolute atomic E-state index is 7.50. The van der Waals surface area contributed by atoms with Crippen molar-refractivity contribution >= 4 is 22.1 Å². The number of allylic oxidation sites excluding steroid dienone is 2. The third-order valence-electron chi connectivity index (χ3n) is 3.92. The summed E-state index contributed by atoms with van der Waals surface area (Å²) in [5, 5.41) is 14.3. The molecule has 2 atom stereocenters. The molecule has 0 saturated heterocycles. The van der Waals surface area contributed by atoms with Crippen molar-refractivity contribution in [1.29, 1.82) is 5.41 Å². The highest BCUT2D eigenvalue weighted by molar-refractivity contribution is 9.11. The monoisotopic (exact) mass is 392 g/mol. The number of halogens is 1. The van der Waals surface area contributed by atoms with Crippen molar-refractivity contribution in [3.63, 3.8) is 0 Å². The van der Waals surface area contributed by atoms with Crippen molar-refractivity contribution < 1.29 is 4.74 Å². The molecule has 0 saturated carbocycles. The Morgan fingerprint density at radius 1 is 1.54 bits per heavy atom. The number of nitrogens with one attached hydrogen (secondary N) is 3. The molecule has 5 nitrogen and oxygen atoms in total. The highest BCUT2D eigenvalue weighted by Gasteiger charge is 2.19. The molecule has 0 radical (unpaired) electrons. The second-order valence-electron chi connectivity index (χ2n) is 5.75. The summed E-state index contributed by atoms with van der Waals surface area (Å²) in [6.45, 7) is 2.16. The van der Waals surface area contributed by atoms with E-state index in [-0.39, 0.29) is 12.2 Å². The molecule has 1 aliphatic rings. The lowest BCUT2D eigenvalue weighted by atomic mass is 10.0. The molecule has 0 amide bonds. The highest BCUT2D eigenvalue weighted by atomic mass is 79.9. The van der Waals surface area contributed by atoms with E-state index in [1.807, 2.05) is 18.4 Å². The Hall–Kier alpha value is -1.66. The van der Waals surface area contributed by atoms with Crippen molar-refractivity contribution in [3.8, 4) is 5.75 Å². The van der Waals surface area contributed by atoms with Crippen LogP contribution in [0.25, 0.3) is 0 Å². The van der Waals surface area contributed by atoms with Gasteiger partial charge < -0.3 is 15.5 Å².